The number of benzene rings is 1. The number of likely N-dealkylation sites (N-methyl/N-ethyl adjacent to an activating group) is 1. The molecule has 1 saturated heterocycles. The molecule has 0 radical (unpaired) electrons. The Morgan fingerprint density at radius 3 is 2.82 bits per heavy atom. The predicted octanol–water partition coefficient (Wildman–Crippen LogP) is 1.15. The molecule has 0 unspecified atom stereocenters. The zero-order chi connectivity index (χ0) is 15.7. The minimum Gasteiger partial charge on any atom is -0.362 e. The largest absolute Gasteiger partial charge is 0.362 e. The number of nitrogens with zero attached hydrogens (tertiary/aromatic N) is 1. The molecule has 0 saturated carbocycles. The van der Waals surface area contributed by atoms with E-state index >= 15 is 0 Å². The molecule has 1 aliphatic heterocycles. The Bertz CT molecular complexity index is 614. The molecule has 1 atom stereocenters. The summed E-state index contributed by atoms with van der Waals surface area (Å²) in [5.74, 6) is -0.216. The number of carbonyl (C=O) groups is 2. The second kappa shape index (κ2) is 5.72. The maximum absolute atomic E-state index is 12.7. The molecular weight excluding hydrogens is 280 g/mol. The second-order valence-corrected chi connectivity index (χ2v) is 6.22. The molecule has 22 heavy (non-hydrogen) atoms. The Morgan fingerprint density at radius 1 is 1.27 bits per heavy atom. The van der Waals surface area contributed by atoms with Gasteiger partial charge in [0.05, 0.1) is 13.2 Å². The molecule has 1 aliphatic carbocycles. The van der Waals surface area contributed by atoms with E-state index in [4.69, 9.17) is 4.74 Å². The van der Waals surface area contributed by atoms with Crippen LogP contribution in [0.5, 0.6) is 0 Å². The smallest absolute Gasteiger partial charge is 0.254 e. The summed E-state index contributed by atoms with van der Waals surface area (Å²) in [6.45, 7) is 2.90. The molecule has 0 aromatic heterocycles. The maximum Gasteiger partial charge on any atom is 0.254 e. The van der Waals surface area contributed by atoms with Crippen LogP contribution < -0.4 is 5.32 Å². The van der Waals surface area contributed by atoms with Crippen LogP contribution in [0.1, 0.15) is 34.8 Å². The van der Waals surface area contributed by atoms with E-state index in [0.717, 1.165) is 12.8 Å². The molecular formula is C17H22N2O3. The third kappa shape index (κ3) is 2.61. The highest BCUT2D eigenvalue weighted by molar-refractivity contribution is 5.95. The number of fused-ring (bicyclic) bond motifs is 1. The number of hydrogen-bond donors (Lipinski definition) is 1. The van der Waals surface area contributed by atoms with Gasteiger partial charge in [-0.1, -0.05) is 6.07 Å². The highest BCUT2D eigenvalue weighted by atomic mass is 16.5. The molecule has 2 aliphatic rings. The maximum atomic E-state index is 12.7. The van der Waals surface area contributed by atoms with Crippen LogP contribution in [0.3, 0.4) is 0 Å². The van der Waals surface area contributed by atoms with E-state index in [9.17, 15) is 9.59 Å². The molecule has 118 valence electrons. The first-order chi connectivity index (χ1) is 10.5. The van der Waals surface area contributed by atoms with Crippen LogP contribution >= 0.6 is 0 Å². The van der Waals surface area contributed by atoms with E-state index in [0.29, 0.717) is 18.7 Å². The van der Waals surface area contributed by atoms with Crippen molar-refractivity contribution in [2.75, 3.05) is 26.7 Å². The van der Waals surface area contributed by atoms with Crippen LogP contribution in [0, 0.1) is 0 Å². The molecule has 0 spiro atoms. The van der Waals surface area contributed by atoms with Crippen molar-refractivity contribution in [3.05, 3.63) is 34.9 Å². The van der Waals surface area contributed by atoms with Crippen LogP contribution in [-0.2, 0) is 22.4 Å². The summed E-state index contributed by atoms with van der Waals surface area (Å²) in [5.41, 5.74) is 2.38. The number of hydrogen-bond acceptors (Lipinski definition) is 3. The van der Waals surface area contributed by atoms with Gasteiger partial charge in [0, 0.05) is 19.2 Å². The molecule has 5 heteroatoms. The van der Waals surface area contributed by atoms with Crippen molar-refractivity contribution in [2.45, 2.75) is 31.8 Å². The van der Waals surface area contributed by atoms with Gasteiger partial charge in [0.2, 0.25) is 0 Å². The van der Waals surface area contributed by atoms with Crippen LogP contribution in [0.15, 0.2) is 18.2 Å². The highest BCUT2D eigenvalue weighted by Crippen LogP contribution is 2.25. The topological polar surface area (TPSA) is 58.6 Å². The fourth-order valence-electron chi connectivity index (χ4n) is 3.33. The lowest BCUT2D eigenvalue weighted by atomic mass is 10.0. The summed E-state index contributed by atoms with van der Waals surface area (Å²) in [4.78, 5) is 26.4. The van der Waals surface area contributed by atoms with Crippen LogP contribution in [0.25, 0.3) is 0 Å². The minimum absolute atomic E-state index is 0.0203. The normalized spacial score (nSPS) is 24.0. The Morgan fingerprint density at radius 2 is 2.05 bits per heavy atom. The van der Waals surface area contributed by atoms with Crippen molar-refractivity contribution in [3.63, 3.8) is 0 Å². The Kier molecular flexibility index (Phi) is 3.91. The van der Waals surface area contributed by atoms with Crippen molar-refractivity contribution in [1.29, 1.82) is 0 Å². The summed E-state index contributed by atoms with van der Waals surface area (Å²) in [7, 11) is 1.58. The number of carbonyl (C=O) groups excluding carboxylic acids is 2. The highest BCUT2D eigenvalue weighted by Gasteiger charge is 2.40. The van der Waals surface area contributed by atoms with E-state index < -0.39 is 5.60 Å². The van der Waals surface area contributed by atoms with Gasteiger partial charge in [0.15, 0.2) is 5.60 Å². The van der Waals surface area contributed by atoms with Gasteiger partial charge in [0.1, 0.15) is 0 Å². The van der Waals surface area contributed by atoms with Crippen molar-refractivity contribution in [2.24, 2.45) is 0 Å². The van der Waals surface area contributed by atoms with E-state index in [1.807, 2.05) is 12.1 Å². The predicted molar refractivity (Wildman–Crippen MR) is 82.8 cm³/mol. The van der Waals surface area contributed by atoms with Crippen LogP contribution in [0.2, 0.25) is 0 Å². The number of ether oxygens (including phenoxy) is 1. The molecule has 1 N–H and O–H groups in total. The Hall–Kier alpha value is -1.88. The van der Waals surface area contributed by atoms with Crippen LogP contribution in [-0.4, -0.2) is 49.1 Å². The zero-order valence-electron chi connectivity index (χ0n) is 13.1. The molecule has 5 nitrogen and oxygen atoms in total. The van der Waals surface area contributed by atoms with Crippen molar-refractivity contribution in [1.82, 2.24) is 10.2 Å². The molecule has 2 amide bonds. The first kappa shape index (κ1) is 15.0. The Labute approximate surface area is 130 Å². The van der Waals surface area contributed by atoms with Gasteiger partial charge in [-0.05, 0) is 49.4 Å². The van der Waals surface area contributed by atoms with Gasteiger partial charge >= 0.3 is 0 Å². The van der Waals surface area contributed by atoms with E-state index in [-0.39, 0.29) is 18.4 Å². The van der Waals surface area contributed by atoms with Crippen LogP contribution in [0.4, 0.5) is 0 Å². The summed E-state index contributed by atoms with van der Waals surface area (Å²) in [5, 5.41) is 2.61. The molecule has 0 bridgehead atoms. The first-order valence-corrected chi connectivity index (χ1v) is 7.81. The van der Waals surface area contributed by atoms with E-state index in [1.165, 1.54) is 17.5 Å². The standard InChI is InChI=1S/C17H22N2O3/c1-17(16(21)18-2)11-19(8-9-22-17)15(20)14-7-6-12-4-3-5-13(12)10-14/h6-7,10H,3-5,8-9,11H2,1-2H3,(H,18,21)/t17-/m1/s1. The zero-order valence-corrected chi connectivity index (χ0v) is 13.1. The third-order valence-corrected chi connectivity index (χ3v) is 4.61. The number of aryl methyl sites for hydroxylation is 2. The van der Waals surface area contributed by atoms with Gasteiger partial charge in [-0.15, -0.1) is 0 Å². The van der Waals surface area contributed by atoms with Crippen molar-refractivity contribution in [3.8, 4) is 0 Å². The van der Waals surface area contributed by atoms with Crippen molar-refractivity contribution >= 4 is 11.8 Å². The monoisotopic (exact) mass is 302 g/mol. The summed E-state index contributed by atoms with van der Waals surface area (Å²) in [6, 6.07) is 5.98. The summed E-state index contributed by atoms with van der Waals surface area (Å²) in [6.07, 6.45) is 3.32. The summed E-state index contributed by atoms with van der Waals surface area (Å²) < 4.78 is 5.60. The molecule has 1 aromatic rings. The number of morpholine rings is 1. The lowest BCUT2D eigenvalue weighted by Gasteiger charge is -2.39. The first-order valence-electron chi connectivity index (χ1n) is 7.81. The van der Waals surface area contributed by atoms with E-state index in [1.54, 1.807) is 18.9 Å². The van der Waals surface area contributed by atoms with Gasteiger partial charge < -0.3 is 15.0 Å². The number of amides is 2. The van der Waals surface area contributed by atoms with Crippen molar-refractivity contribution < 1.29 is 14.3 Å². The molecule has 1 aromatic carbocycles. The average molecular weight is 302 g/mol. The molecule has 1 heterocycles. The second-order valence-electron chi connectivity index (χ2n) is 6.22. The van der Waals surface area contributed by atoms with Gasteiger partial charge in [-0.3, -0.25) is 9.59 Å². The summed E-state index contributed by atoms with van der Waals surface area (Å²) >= 11 is 0. The number of rotatable bonds is 2. The lowest BCUT2D eigenvalue weighted by Crippen LogP contribution is -2.58. The van der Waals surface area contributed by atoms with Gasteiger partial charge in [-0.2, -0.15) is 0 Å². The van der Waals surface area contributed by atoms with Gasteiger partial charge in [-0.25, -0.2) is 0 Å². The van der Waals surface area contributed by atoms with Gasteiger partial charge in [0.25, 0.3) is 11.8 Å². The molecule has 1 fully saturated rings. The fraction of sp³-hybridized carbons (Fsp3) is 0.529. The average Bonchev–Trinajstić information content (AvgIpc) is 3.00. The Balaban J connectivity index is 1.78. The minimum atomic E-state index is -0.973. The van der Waals surface area contributed by atoms with E-state index in [2.05, 4.69) is 11.4 Å². The fourth-order valence-corrected chi connectivity index (χ4v) is 3.33. The number of nitrogens with one attached hydrogen (secondary N) is 1. The lowest BCUT2D eigenvalue weighted by molar-refractivity contribution is -0.153. The SMILES string of the molecule is CNC(=O)[C@@]1(C)CN(C(=O)c2ccc3c(c2)CCC3)CCO1. The third-order valence-electron chi connectivity index (χ3n) is 4.61. The molecule has 3 rings (SSSR count). The quantitative estimate of drug-likeness (QED) is 0.891.